The summed E-state index contributed by atoms with van der Waals surface area (Å²) in [5.41, 5.74) is 3.16. The average Bonchev–Trinajstić information content (AvgIpc) is 3.56. The summed E-state index contributed by atoms with van der Waals surface area (Å²) >= 11 is 0. The minimum atomic E-state index is -0.147. The number of rotatable bonds is 13. The number of phenols is 1. The predicted octanol–water partition coefficient (Wildman–Crippen LogP) is 3.04. The lowest BCUT2D eigenvalue weighted by Crippen LogP contribution is -2.05. The van der Waals surface area contributed by atoms with Gasteiger partial charge >= 0.3 is 0 Å². The maximum atomic E-state index is 11.8. The topological polar surface area (TPSA) is 145 Å². The van der Waals surface area contributed by atoms with Crippen molar-refractivity contribution < 1.29 is 14.6 Å². The van der Waals surface area contributed by atoms with E-state index in [1.165, 1.54) is 6.92 Å². The van der Waals surface area contributed by atoms with E-state index < -0.39 is 0 Å². The van der Waals surface area contributed by atoms with Gasteiger partial charge in [-0.1, -0.05) is 36.8 Å². The molecule has 2 heterocycles. The lowest BCUT2D eigenvalue weighted by Gasteiger charge is -2.14. The molecule has 188 valence electrons. The number of aromatic hydroxyl groups is 1. The van der Waals surface area contributed by atoms with Crippen LogP contribution in [0, 0.1) is 0 Å². The number of phenolic OH excluding ortho intramolecular Hbond substituents is 1. The van der Waals surface area contributed by atoms with Crippen LogP contribution in [0.4, 0.5) is 0 Å². The molecular formula is C25H30N8O3. The molecule has 0 saturated heterocycles. The monoisotopic (exact) mass is 490 g/mol. The van der Waals surface area contributed by atoms with Gasteiger partial charge in [0.2, 0.25) is 0 Å². The lowest BCUT2D eigenvalue weighted by atomic mass is 9.97. The summed E-state index contributed by atoms with van der Waals surface area (Å²) in [6, 6.07) is 11.4. The molecule has 36 heavy (non-hydrogen) atoms. The van der Waals surface area contributed by atoms with E-state index >= 15 is 0 Å². The fraction of sp³-hybridized carbons (Fsp3) is 0.400. The molecule has 2 aromatic carbocycles. The third-order valence-corrected chi connectivity index (χ3v) is 5.86. The van der Waals surface area contributed by atoms with Gasteiger partial charge in [-0.15, -0.1) is 20.4 Å². The van der Waals surface area contributed by atoms with Gasteiger partial charge in [-0.3, -0.25) is 4.79 Å². The number of aromatic nitrogens is 8. The molecule has 0 aliphatic rings. The summed E-state index contributed by atoms with van der Waals surface area (Å²) in [4.78, 5) is 13.4. The van der Waals surface area contributed by atoms with E-state index in [9.17, 15) is 9.90 Å². The zero-order valence-corrected chi connectivity index (χ0v) is 20.5. The summed E-state index contributed by atoms with van der Waals surface area (Å²) in [6.07, 6.45) is 4.52. The molecular weight excluding hydrogens is 460 g/mol. The first kappa shape index (κ1) is 25.0. The Morgan fingerprint density at radius 2 is 1.86 bits per heavy atom. The molecule has 11 nitrogen and oxygen atoms in total. The highest BCUT2D eigenvalue weighted by atomic mass is 16.5. The minimum absolute atomic E-state index is 0.0679. The number of ether oxygens (including phenoxy) is 1. The van der Waals surface area contributed by atoms with E-state index in [1.807, 2.05) is 37.3 Å². The van der Waals surface area contributed by atoms with Crippen LogP contribution in [-0.4, -0.2) is 51.7 Å². The third-order valence-electron chi connectivity index (χ3n) is 5.86. The van der Waals surface area contributed by atoms with Crippen molar-refractivity contribution >= 4 is 5.78 Å². The van der Waals surface area contributed by atoms with Gasteiger partial charge in [0.1, 0.15) is 18.1 Å². The van der Waals surface area contributed by atoms with Gasteiger partial charge in [0.05, 0.1) is 12.1 Å². The normalized spacial score (nSPS) is 11.1. The van der Waals surface area contributed by atoms with Gasteiger partial charge in [0.25, 0.3) is 0 Å². The average molecular weight is 491 g/mol. The first-order valence-corrected chi connectivity index (χ1v) is 12.1. The Kier molecular flexibility index (Phi) is 8.32. The van der Waals surface area contributed by atoms with E-state index in [0.717, 1.165) is 41.7 Å². The van der Waals surface area contributed by atoms with Crippen LogP contribution >= 0.6 is 0 Å². The number of hydrogen-bond donors (Lipinski definition) is 2. The fourth-order valence-electron chi connectivity index (χ4n) is 3.93. The zero-order chi connectivity index (χ0) is 25.3. The molecule has 0 unspecified atom stereocenters. The SMILES string of the molecule is CCCc1c(COc2ccc(CCc3nnn(CCCc4nn[nH]n4)n3)cc2)ccc(C(C)=O)c1O. The Hall–Kier alpha value is -4.15. The van der Waals surface area contributed by atoms with Crippen LogP contribution in [-0.2, 0) is 38.8 Å². The van der Waals surface area contributed by atoms with E-state index in [2.05, 4.69) is 36.0 Å². The van der Waals surface area contributed by atoms with Crippen LogP contribution in [0.25, 0.3) is 0 Å². The Labute approximate surface area is 208 Å². The first-order valence-electron chi connectivity index (χ1n) is 12.1. The molecule has 0 fully saturated rings. The predicted molar refractivity (Wildman–Crippen MR) is 131 cm³/mol. The smallest absolute Gasteiger partial charge is 0.175 e. The van der Waals surface area contributed by atoms with Crippen LogP contribution in [0.15, 0.2) is 36.4 Å². The van der Waals surface area contributed by atoms with Gasteiger partial charge in [-0.25, -0.2) is 0 Å². The van der Waals surface area contributed by atoms with Crippen molar-refractivity contribution in [2.45, 2.75) is 65.5 Å². The molecule has 2 N–H and O–H groups in total. The second-order valence-corrected chi connectivity index (χ2v) is 8.57. The highest BCUT2D eigenvalue weighted by Crippen LogP contribution is 2.29. The molecule has 0 atom stereocenters. The van der Waals surface area contributed by atoms with Gasteiger partial charge in [0, 0.05) is 18.4 Å². The van der Waals surface area contributed by atoms with Crippen molar-refractivity contribution in [3.05, 3.63) is 70.3 Å². The second kappa shape index (κ2) is 12.0. The Morgan fingerprint density at radius 3 is 2.58 bits per heavy atom. The summed E-state index contributed by atoms with van der Waals surface area (Å²) in [7, 11) is 0. The van der Waals surface area contributed by atoms with Crippen molar-refractivity contribution in [1.29, 1.82) is 0 Å². The van der Waals surface area contributed by atoms with E-state index in [1.54, 1.807) is 10.9 Å². The Morgan fingerprint density at radius 1 is 1.03 bits per heavy atom. The number of H-pyrrole nitrogens is 1. The summed E-state index contributed by atoms with van der Waals surface area (Å²) in [5.74, 6) is 2.03. The van der Waals surface area contributed by atoms with Crippen molar-refractivity contribution in [2.24, 2.45) is 0 Å². The molecule has 4 aromatic rings. The molecule has 0 aliphatic heterocycles. The molecule has 0 bridgehead atoms. The summed E-state index contributed by atoms with van der Waals surface area (Å²) in [5, 5.41) is 37.1. The minimum Gasteiger partial charge on any atom is -0.507 e. The number of Topliss-reactive ketones (excluding diaryl/α,β-unsaturated/α-hetero) is 1. The number of nitrogens with zero attached hydrogens (tertiary/aromatic N) is 7. The standard InChI is InChI=1S/C25H30N8O3/c1-3-5-22-19(10-13-21(17(2)34)25(22)35)16-36-20-11-7-18(8-12-20)9-14-24-28-32-33(29-24)15-4-6-23-26-30-31-27-23/h7-8,10-13,35H,3-6,9,14-16H2,1-2H3,(H,26,27,30,31). The third kappa shape index (κ3) is 6.49. The number of tetrazole rings is 2. The fourth-order valence-corrected chi connectivity index (χ4v) is 3.93. The number of aromatic amines is 1. The number of hydrogen-bond acceptors (Lipinski definition) is 9. The largest absolute Gasteiger partial charge is 0.507 e. The highest BCUT2D eigenvalue weighted by molar-refractivity contribution is 5.97. The van der Waals surface area contributed by atoms with Gasteiger partial charge < -0.3 is 9.84 Å². The summed E-state index contributed by atoms with van der Waals surface area (Å²) < 4.78 is 5.97. The quantitative estimate of drug-likeness (QED) is 0.270. The van der Waals surface area contributed by atoms with Gasteiger partial charge in [-0.2, -0.15) is 10.0 Å². The number of carbonyl (C=O) groups excluding carboxylic acids is 1. The zero-order valence-electron chi connectivity index (χ0n) is 20.5. The van der Waals surface area contributed by atoms with E-state index in [-0.39, 0.29) is 11.5 Å². The number of aryl methyl sites for hydroxylation is 4. The number of benzene rings is 2. The van der Waals surface area contributed by atoms with Crippen LogP contribution in [0.2, 0.25) is 0 Å². The molecule has 11 heteroatoms. The van der Waals surface area contributed by atoms with Gasteiger partial charge in [-0.05, 0) is 60.7 Å². The molecule has 0 saturated carbocycles. The number of ketones is 1. The van der Waals surface area contributed by atoms with Crippen molar-refractivity contribution in [1.82, 2.24) is 40.8 Å². The Balaban J connectivity index is 1.27. The van der Waals surface area contributed by atoms with Crippen LogP contribution < -0.4 is 4.74 Å². The molecule has 0 aliphatic carbocycles. The molecule has 0 spiro atoms. The van der Waals surface area contributed by atoms with Crippen molar-refractivity contribution in [2.75, 3.05) is 0 Å². The van der Waals surface area contributed by atoms with Crippen LogP contribution in [0.1, 0.15) is 65.4 Å². The maximum absolute atomic E-state index is 11.8. The molecule has 4 rings (SSSR count). The maximum Gasteiger partial charge on any atom is 0.175 e. The van der Waals surface area contributed by atoms with E-state index in [4.69, 9.17) is 4.74 Å². The number of nitrogens with one attached hydrogen (secondary N) is 1. The summed E-state index contributed by atoms with van der Waals surface area (Å²) in [6.45, 7) is 4.46. The molecule has 2 aromatic heterocycles. The van der Waals surface area contributed by atoms with Crippen molar-refractivity contribution in [3.8, 4) is 11.5 Å². The van der Waals surface area contributed by atoms with Crippen molar-refractivity contribution in [3.63, 3.8) is 0 Å². The first-order chi connectivity index (χ1) is 17.5. The molecule has 0 radical (unpaired) electrons. The lowest BCUT2D eigenvalue weighted by molar-refractivity contribution is 0.101. The van der Waals surface area contributed by atoms with Crippen LogP contribution in [0.3, 0.4) is 0 Å². The van der Waals surface area contributed by atoms with E-state index in [0.29, 0.717) is 49.6 Å². The van der Waals surface area contributed by atoms with Gasteiger partial charge in [0.15, 0.2) is 17.4 Å². The Bertz CT molecular complexity index is 1270. The molecule has 0 amide bonds. The van der Waals surface area contributed by atoms with Crippen LogP contribution in [0.5, 0.6) is 11.5 Å². The highest BCUT2D eigenvalue weighted by Gasteiger charge is 2.15. The number of carbonyl (C=O) groups is 1. The second-order valence-electron chi connectivity index (χ2n) is 8.57.